The summed E-state index contributed by atoms with van der Waals surface area (Å²) in [7, 11) is 1.66. The Bertz CT molecular complexity index is 609. The van der Waals surface area contributed by atoms with E-state index in [9.17, 15) is 4.79 Å². The molecule has 1 saturated heterocycles. The number of likely N-dealkylation sites (tertiary alicyclic amines) is 1. The smallest absolute Gasteiger partial charge is 0.247 e. The van der Waals surface area contributed by atoms with Gasteiger partial charge in [-0.2, -0.15) is 0 Å². The second-order valence-corrected chi connectivity index (χ2v) is 7.13. The Morgan fingerprint density at radius 3 is 2.67 bits per heavy atom. The van der Waals surface area contributed by atoms with Crippen molar-refractivity contribution in [2.45, 2.75) is 57.3 Å². The molecule has 0 spiro atoms. The first-order valence-electron chi connectivity index (χ1n) is 8.85. The van der Waals surface area contributed by atoms with Crippen molar-refractivity contribution >= 4 is 5.91 Å². The van der Waals surface area contributed by atoms with Gasteiger partial charge in [-0.05, 0) is 56.7 Å². The summed E-state index contributed by atoms with van der Waals surface area (Å²) in [6.07, 6.45) is 3.67. The van der Waals surface area contributed by atoms with Gasteiger partial charge < -0.3 is 20.1 Å². The maximum atomic E-state index is 13.1. The third-order valence-corrected chi connectivity index (χ3v) is 5.18. The molecule has 132 valence electrons. The van der Waals surface area contributed by atoms with E-state index in [4.69, 9.17) is 15.2 Å². The number of benzene rings is 1. The van der Waals surface area contributed by atoms with Gasteiger partial charge >= 0.3 is 0 Å². The number of fused-ring (bicyclic) bond motifs is 1. The molecule has 5 nitrogen and oxygen atoms in total. The summed E-state index contributed by atoms with van der Waals surface area (Å²) >= 11 is 0. The highest BCUT2D eigenvalue weighted by molar-refractivity contribution is 5.89. The molecule has 1 fully saturated rings. The molecule has 1 amide bonds. The fourth-order valence-corrected chi connectivity index (χ4v) is 3.97. The average Bonchev–Trinajstić information content (AvgIpc) is 2.93. The molecule has 0 aromatic heterocycles. The number of carbonyl (C=O) groups is 1. The number of ether oxygens (including phenoxy) is 2. The van der Waals surface area contributed by atoms with E-state index in [2.05, 4.69) is 13.8 Å². The fraction of sp³-hybridized carbons (Fsp3) is 0.632. The lowest BCUT2D eigenvalue weighted by atomic mass is 9.90. The molecular formula is C19H28N2O3. The Hall–Kier alpha value is -1.59. The van der Waals surface area contributed by atoms with Crippen molar-refractivity contribution in [1.82, 2.24) is 4.90 Å². The van der Waals surface area contributed by atoms with Crippen molar-refractivity contribution in [3.63, 3.8) is 0 Å². The zero-order valence-corrected chi connectivity index (χ0v) is 14.9. The van der Waals surface area contributed by atoms with Crippen molar-refractivity contribution in [3.05, 3.63) is 29.3 Å². The van der Waals surface area contributed by atoms with Crippen LogP contribution < -0.4 is 10.5 Å². The second kappa shape index (κ2) is 6.73. The van der Waals surface area contributed by atoms with Gasteiger partial charge in [-0.15, -0.1) is 0 Å². The Morgan fingerprint density at radius 2 is 2.04 bits per heavy atom. The first kappa shape index (κ1) is 17.2. The number of rotatable bonds is 4. The molecule has 1 heterocycles. The van der Waals surface area contributed by atoms with Crippen molar-refractivity contribution < 1.29 is 14.3 Å². The first-order chi connectivity index (χ1) is 11.5. The van der Waals surface area contributed by atoms with Crippen LogP contribution in [0, 0.1) is 0 Å². The van der Waals surface area contributed by atoms with Gasteiger partial charge in [0, 0.05) is 13.1 Å². The lowest BCUT2D eigenvalue weighted by Gasteiger charge is -2.37. The molecule has 0 radical (unpaired) electrons. The van der Waals surface area contributed by atoms with E-state index in [1.54, 1.807) is 7.11 Å². The molecule has 1 aliphatic heterocycles. The minimum absolute atomic E-state index is 0.0394. The van der Waals surface area contributed by atoms with E-state index in [0.29, 0.717) is 19.5 Å². The Balaban J connectivity index is 1.73. The predicted molar refractivity (Wildman–Crippen MR) is 93.0 cm³/mol. The number of hydrogen-bond acceptors (Lipinski definition) is 4. The van der Waals surface area contributed by atoms with Gasteiger partial charge in [0.2, 0.25) is 5.91 Å². The van der Waals surface area contributed by atoms with Crippen molar-refractivity contribution in [2.75, 3.05) is 20.2 Å². The molecule has 0 bridgehead atoms. The van der Waals surface area contributed by atoms with Gasteiger partial charge in [-0.3, -0.25) is 4.79 Å². The molecule has 1 aromatic carbocycles. The molecule has 24 heavy (non-hydrogen) atoms. The van der Waals surface area contributed by atoms with Crippen LogP contribution in [-0.4, -0.2) is 43.2 Å². The fourth-order valence-electron chi connectivity index (χ4n) is 3.97. The Morgan fingerprint density at radius 1 is 1.33 bits per heavy atom. The van der Waals surface area contributed by atoms with Crippen LogP contribution in [-0.2, 0) is 21.5 Å². The molecule has 1 aliphatic carbocycles. The van der Waals surface area contributed by atoms with Crippen LogP contribution in [0.15, 0.2) is 18.2 Å². The quantitative estimate of drug-likeness (QED) is 0.918. The van der Waals surface area contributed by atoms with Crippen molar-refractivity contribution in [2.24, 2.45) is 5.73 Å². The Kier molecular flexibility index (Phi) is 4.83. The standard InChI is InChI=1S/C19H28N2O3/c1-13(2)24-14-8-11-21(12-9-14)18(22)19(20)10-7-15-16(19)5-4-6-17(15)23-3/h4-6,13-14H,7-12,20H2,1-3H3. The third-order valence-electron chi connectivity index (χ3n) is 5.18. The van der Waals surface area contributed by atoms with E-state index in [-0.39, 0.29) is 18.1 Å². The SMILES string of the molecule is COc1cccc2c1CCC2(N)C(=O)N1CCC(OC(C)C)CC1. The summed E-state index contributed by atoms with van der Waals surface area (Å²) in [5, 5.41) is 0. The minimum atomic E-state index is -0.921. The number of carbonyl (C=O) groups excluding carboxylic acids is 1. The maximum Gasteiger partial charge on any atom is 0.247 e. The lowest BCUT2D eigenvalue weighted by molar-refractivity contribution is -0.140. The number of piperidine rings is 1. The van der Waals surface area contributed by atoms with Crippen LogP contribution in [0.4, 0.5) is 0 Å². The molecule has 1 aromatic rings. The minimum Gasteiger partial charge on any atom is -0.496 e. The highest BCUT2D eigenvalue weighted by atomic mass is 16.5. The van der Waals surface area contributed by atoms with Crippen molar-refractivity contribution in [1.29, 1.82) is 0 Å². The lowest BCUT2D eigenvalue weighted by Crippen LogP contribution is -2.54. The zero-order chi connectivity index (χ0) is 17.3. The summed E-state index contributed by atoms with van der Waals surface area (Å²) < 4.78 is 11.3. The first-order valence-corrected chi connectivity index (χ1v) is 8.85. The van der Waals surface area contributed by atoms with Crippen LogP contribution in [0.5, 0.6) is 5.75 Å². The molecule has 2 N–H and O–H groups in total. The van der Waals surface area contributed by atoms with E-state index in [1.165, 1.54) is 0 Å². The summed E-state index contributed by atoms with van der Waals surface area (Å²) in [5.74, 6) is 0.870. The van der Waals surface area contributed by atoms with Gasteiger partial charge in [-0.1, -0.05) is 12.1 Å². The largest absolute Gasteiger partial charge is 0.496 e. The molecule has 2 aliphatic rings. The summed E-state index contributed by atoms with van der Waals surface area (Å²) in [6.45, 7) is 5.54. The number of nitrogens with zero attached hydrogens (tertiary/aromatic N) is 1. The van der Waals surface area contributed by atoms with Crippen LogP contribution in [0.2, 0.25) is 0 Å². The van der Waals surface area contributed by atoms with Gasteiger partial charge in [-0.25, -0.2) is 0 Å². The topological polar surface area (TPSA) is 64.8 Å². The van der Waals surface area contributed by atoms with Crippen LogP contribution >= 0.6 is 0 Å². The van der Waals surface area contributed by atoms with E-state index in [0.717, 1.165) is 36.1 Å². The molecular weight excluding hydrogens is 304 g/mol. The predicted octanol–water partition coefficient (Wildman–Crippen LogP) is 2.21. The molecule has 5 heteroatoms. The summed E-state index contributed by atoms with van der Waals surface area (Å²) in [6, 6.07) is 5.82. The molecule has 3 rings (SSSR count). The normalized spacial score (nSPS) is 24.3. The zero-order valence-electron chi connectivity index (χ0n) is 14.9. The number of hydrogen-bond donors (Lipinski definition) is 1. The van der Waals surface area contributed by atoms with Crippen LogP contribution in [0.3, 0.4) is 0 Å². The van der Waals surface area contributed by atoms with Gasteiger partial charge in [0.1, 0.15) is 11.3 Å². The Labute approximate surface area is 144 Å². The summed E-state index contributed by atoms with van der Waals surface area (Å²) in [5.41, 5.74) is 7.69. The van der Waals surface area contributed by atoms with Gasteiger partial charge in [0.05, 0.1) is 19.3 Å². The van der Waals surface area contributed by atoms with Crippen LogP contribution in [0.25, 0.3) is 0 Å². The maximum absolute atomic E-state index is 13.1. The third kappa shape index (κ3) is 3.03. The summed E-state index contributed by atoms with van der Waals surface area (Å²) in [4.78, 5) is 15.0. The van der Waals surface area contributed by atoms with Crippen molar-refractivity contribution in [3.8, 4) is 5.75 Å². The van der Waals surface area contributed by atoms with E-state index in [1.807, 2.05) is 23.1 Å². The van der Waals surface area contributed by atoms with E-state index < -0.39 is 5.54 Å². The highest BCUT2D eigenvalue weighted by Gasteiger charge is 2.45. The number of methoxy groups -OCH3 is 1. The monoisotopic (exact) mass is 332 g/mol. The molecule has 1 atom stereocenters. The van der Waals surface area contributed by atoms with Gasteiger partial charge in [0.25, 0.3) is 0 Å². The molecule has 0 saturated carbocycles. The number of nitrogens with two attached hydrogens (primary N) is 1. The number of amides is 1. The average molecular weight is 332 g/mol. The highest BCUT2D eigenvalue weighted by Crippen LogP contribution is 2.41. The van der Waals surface area contributed by atoms with E-state index >= 15 is 0 Å². The molecule has 1 unspecified atom stereocenters. The second-order valence-electron chi connectivity index (χ2n) is 7.13. The van der Waals surface area contributed by atoms with Crippen LogP contribution in [0.1, 0.15) is 44.2 Å². The van der Waals surface area contributed by atoms with Gasteiger partial charge in [0.15, 0.2) is 0 Å².